The number of methoxy groups -OCH3 is 1. The molecule has 2 heterocycles. The lowest BCUT2D eigenvalue weighted by Gasteiger charge is -2.37. The van der Waals surface area contributed by atoms with Gasteiger partial charge >= 0.3 is 6.18 Å². The van der Waals surface area contributed by atoms with Gasteiger partial charge in [-0.1, -0.05) is 18.2 Å². The molecular weight excluding hydrogens is 395 g/mol. The molecule has 1 amide bonds. The van der Waals surface area contributed by atoms with Crippen molar-refractivity contribution >= 4 is 18.3 Å². The second kappa shape index (κ2) is 8.79. The van der Waals surface area contributed by atoms with Crippen molar-refractivity contribution in [3.05, 3.63) is 58.9 Å². The van der Waals surface area contributed by atoms with Gasteiger partial charge in [-0.25, -0.2) is 4.98 Å². The van der Waals surface area contributed by atoms with Gasteiger partial charge in [-0.2, -0.15) is 13.2 Å². The molecule has 152 valence electrons. The van der Waals surface area contributed by atoms with Gasteiger partial charge in [0.2, 0.25) is 0 Å². The SMILES string of the molecule is COc1ccccc1C1CNCCN1C(=O)c1ccc(C(F)(F)F)nc1C.Cl. The van der Waals surface area contributed by atoms with Gasteiger partial charge in [0.1, 0.15) is 11.4 Å². The Hall–Kier alpha value is -2.32. The van der Waals surface area contributed by atoms with Crippen molar-refractivity contribution in [3.63, 3.8) is 0 Å². The number of pyridine rings is 1. The Balaban J connectivity index is 0.00000280. The summed E-state index contributed by atoms with van der Waals surface area (Å²) in [5.41, 5.74) is 0.0770. The lowest BCUT2D eigenvalue weighted by Crippen LogP contribution is -2.49. The minimum absolute atomic E-state index is 0. The highest BCUT2D eigenvalue weighted by atomic mass is 35.5. The molecule has 1 saturated heterocycles. The van der Waals surface area contributed by atoms with Gasteiger partial charge in [-0.15, -0.1) is 12.4 Å². The average Bonchev–Trinajstić information content (AvgIpc) is 2.66. The van der Waals surface area contributed by atoms with E-state index in [0.717, 1.165) is 11.6 Å². The van der Waals surface area contributed by atoms with Crippen LogP contribution in [-0.4, -0.2) is 42.5 Å². The van der Waals surface area contributed by atoms with Crippen molar-refractivity contribution in [2.45, 2.75) is 19.1 Å². The number of nitrogens with one attached hydrogen (secondary N) is 1. The van der Waals surface area contributed by atoms with E-state index >= 15 is 0 Å². The van der Waals surface area contributed by atoms with E-state index in [9.17, 15) is 18.0 Å². The van der Waals surface area contributed by atoms with Crippen molar-refractivity contribution in [1.29, 1.82) is 0 Å². The third kappa shape index (κ3) is 4.39. The maximum Gasteiger partial charge on any atom is 0.433 e. The second-order valence-corrected chi connectivity index (χ2v) is 6.29. The van der Waals surface area contributed by atoms with Crippen LogP contribution in [0.5, 0.6) is 5.75 Å². The summed E-state index contributed by atoms with van der Waals surface area (Å²) in [5, 5.41) is 3.25. The lowest BCUT2D eigenvalue weighted by atomic mass is 10.0. The van der Waals surface area contributed by atoms with Crippen LogP contribution in [0.3, 0.4) is 0 Å². The van der Waals surface area contributed by atoms with E-state index in [0.29, 0.717) is 25.4 Å². The molecule has 0 spiro atoms. The highest BCUT2D eigenvalue weighted by molar-refractivity contribution is 5.95. The Bertz CT molecular complexity index is 845. The molecule has 0 saturated carbocycles. The van der Waals surface area contributed by atoms with Gasteiger partial charge in [0.25, 0.3) is 5.91 Å². The number of aryl methyl sites for hydroxylation is 1. The first-order chi connectivity index (χ1) is 12.8. The summed E-state index contributed by atoms with van der Waals surface area (Å²) in [4.78, 5) is 18.3. The predicted octanol–water partition coefficient (Wildman–Crippen LogP) is 3.63. The van der Waals surface area contributed by atoms with Crippen LogP contribution in [0, 0.1) is 6.92 Å². The summed E-state index contributed by atoms with van der Waals surface area (Å²) in [7, 11) is 1.56. The Morgan fingerprint density at radius 3 is 2.61 bits per heavy atom. The zero-order valence-electron chi connectivity index (χ0n) is 15.4. The average molecular weight is 416 g/mol. The number of alkyl halides is 3. The van der Waals surface area contributed by atoms with Crippen molar-refractivity contribution in [2.24, 2.45) is 0 Å². The van der Waals surface area contributed by atoms with Crippen molar-refractivity contribution < 1.29 is 22.7 Å². The van der Waals surface area contributed by atoms with E-state index in [4.69, 9.17) is 4.74 Å². The van der Waals surface area contributed by atoms with E-state index in [1.807, 2.05) is 24.3 Å². The van der Waals surface area contributed by atoms with Crippen LogP contribution in [0.2, 0.25) is 0 Å². The topological polar surface area (TPSA) is 54.5 Å². The van der Waals surface area contributed by atoms with Crippen LogP contribution < -0.4 is 10.1 Å². The van der Waals surface area contributed by atoms with E-state index in [1.54, 1.807) is 12.0 Å². The number of halogens is 4. The number of benzene rings is 1. The zero-order valence-corrected chi connectivity index (χ0v) is 16.2. The minimum Gasteiger partial charge on any atom is -0.496 e. The molecule has 0 aliphatic carbocycles. The Morgan fingerprint density at radius 1 is 1.25 bits per heavy atom. The number of nitrogens with zero attached hydrogens (tertiary/aromatic N) is 2. The molecule has 9 heteroatoms. The largest absolute Gasteiger partial charge is 0.496 e. The third-order valence-corrected chi connectivity index (χ3v) is 4.61. The normalized spacial score (nSPS) is 17.0. The number of amides is 1. The number of aromatic nitrogens is 1. The number of carbonyl (C=O) groups is 1. The van der Waals surface area contributed by atoms with Gasteiger partial charge in [-0.3, -0.25) is 4.79 Å². The lowest BCUT2D eigenvalue weighted by molar-refractivity contribution is -0.141. The molecule has 3 rings (SSSR count). The molecule has 1 fully saturated rings. The molecule has 0 bridgehead atoms. The number of para-hydroxylation sites is 1. The summed E-state index contributed by atoms with van der Waals surface area (Å²) in [6.45, 7) is 2.98. The number of ether oxygens (including phenoxy) is 1. The first-order valence-corrected chi connectivity index (χ1v) is 8.52. The molecule has 1 aromatic carbocycles. The Labute approximate surface area is 167 Å². The summed E-state index contributed by atoms with van der Waals surface area (Å²) in [6, 6.07) is 9.17. The fourth-order valence-corrected chi connectivity index (χ4v) is 3.27. The minimum atomic E-state index is -4.54. The van der Waals surface area contributed by atoms with Crippen molar-refractivity contribution in [3.8, 4) is 5.75 Å². The molecule has 1 N–H and O–H groups in total. The van der Waals surface area contributed by atoms with Crippen molar-refractivity contribution in [1.82, 2.24) is 15.2 Å². The number of hydrogen-bond acceptors (Lipinski definition) is 4. The number of carbonyl (C=O) groups excluding carboxylic acids is 1. The van der Waals surface area contributed by atoms with Crippen LogP contribution in [0.4, 0.5) is 13.2 Å². The third-order valence-electron chi connectivity index (χ3n) is 4.61. The number of rotatable bonds is 3. The Morgan fingerprint density at radius 2 is 1.96 bits per heavy atom. The van der Waals surface area contributed by atoms with Gasteiger partial charge < -0.3 is 15.0 Å². The highest BCUT2D eigenvalue weighted by Gasteiger charge is 2.35. The smallest absolute Gasteiger partial charge is 0.433 e. The summed E-state index contributed by atoms with van der Waals surface area (Å²) >= 11 is 0. The molecule has 2 aromatic rings. The molecule has 1 aliphatic heterocycles. The molecule has 1 aromatic heterocycles. The van der Waals surface area contributed by atoms with Gasteiger partial charge in [0.15, 0.2) is 0 Å². The fourth-order valence-electron chi connectivity index (χ4n) is 3.27. The highest BCUT2D eigenvalue weighted by Crippen LogP contribution is 2.32. The van der Waals surface area contributed by atoms with Crippen LogP contribution in [0.1, 0.15) is 33.4 Å². The predicted molar refractivity (Wildman–Crippen MR) is 101 cm³/mol. The van der Waals surface area contributed by atoms with E-state index in [2.05, 4.69) is 10.3 Å². The van der Waals surface area contributed by atoms with Crippen LogP contribution >= 0.6 is 12.4 Å². The van der Waals surface area contributed by atoms with E-state index < -0.39 is 11.9 Å². The Kier molecular flexibility index (Phi) is 6.90. The molecule has 1 unspecified atom stereocenters. The molecule has 0 radical (unpaired) electrons. The molecule has 1 aliphatic rings. The molecule has 5 nitrogen and oxygen atoms in total. The maximum absolute atomic E-state index is 13.1. The monoisotopic (exact) mass is 415 g/mol. The van der Waals surface area contributed by atoms with Gasteiger partial charge in [0.05, 0.1) is 24.4 Å². The molecule has 1 atom stereocenters. The standard InChI is InChI=1S/C19H20F3N3O2.ClH/c1-12-13(7-8-17(24-12)19(20,21)22)18(26)25-10-9-23-11-15(25)14-5-3-4-6-16(14)27-2;/h3-8,15,23H,9-11H2,1-2H3;1H. The van der Waals surface area contributed by atoms with Crippen LogP contribution in [0.15, 0.2) is 36.4 Å². The van der Waals surface area contributed by atoms with Crippen LogP contribution in [-0.2, 0) is 6.18 Å². The quantitative estimate of drug-likeness (QED) is 0.831. The molecular formula is C19H21ClF3N3O2. The van der Waals surface area contributed by atoms with Gasteiger partial charge in [-0.05, 0) is 25.1 Å². The summed E-state index contributed by atoms with van der Waals surface area (Å²) in [5.74, 6) is 0.317. The second-order valence-electron chi connectivity index (χ2n) is 6.29. The van der Waals surface area contributed by atoms with Gasteiger partial charge in [0, 0.05) is 25.2 Å². The maximum atomic E-state index is 13.1. The summed E-state index contributed by atoms with van der Waals surface area (Å²) in [6.07, 6.45) is -4.54. The fraction of sp³-hybridized carbons (Fsp3) is 0.368. The van der Waals surface area contributed by atoms with Crippen LogP contribution in [0.25, 0.3) is 0 Å². The molecule has 28 heavy (non-hydrogen) atoms. The summed E-state index contributed by atoms with van der Waals surface area (Å²) < 4.78 is 43.9. The number of hydrogen-bond donors (Lipinski definition) is 1. The first-order valence-electron chi connectivity index (χ1n) is 8.52. The van der Waals surface area contributed by atoms with E-state index in [-0.39, 0.29) is 35.6 Å². The number of piperazine rings is 1. The zero-order chi connectivity index (χ0) is 19.6. The van der Waals surface area contributed by atoms with Crippen molar-refractivity contribution in [2.75, 3.05) is 26.7 Å². The van der Waals surface area contributed by atoms with E-state index in [1.165, 1.54) is 13.0 Å². The first kappa shape index (κ1) is 22.0.